The second kappa shape index (κ2) is 8.83. The molecule has 134 valence electrons. The second-order valence-electron chi connectivity index (χ2n) is 5.40. The van der Waals surface area contributed by atoms with E-state index in [0.29, 0.717) is 0 Å². The lowest BCUT2D eigenvalue weighted by Crippen LogP contribution is -1.97. The van der Waals surface area contributed by atoms with Gasteiger partial charge in [0.05, 0.1) is 17.8 Å². The Balaban J connectivity index is 1.75. The first-order chi connectivity index (χ1) is 12.6. The molecule has 26 heavy (non-hydrogen) atoms. The van der Waals surface area contributed by atoms with E-state index in [1.807, 2.05) is 37.3 Å². The molecule has 0 fully saturated rings. The SMILES string of the molecule is COc1ccc(/C=N\n2c(C)nnc2SCc2ccc(Br)cc2)cc1Br. The Bertz CT molecular complexity index is 925. The maximum atomic E-state index is 5.25. The molecule has 0 radical (unpaired) electrons. The minimum atomic E-state index is 0.743. The quantitative estimate of drug-likeness (QED) is 0.344. The van der Waals surface area contributed by atoms with Crippen LogP contribution in [0.15, 0.2) is 61.7 Å². The predicted octanol–water partition coefficient (Wildman–Crippen LogP) is 5.29. The maximum absolute atomic E-state index is 5.25. The summed E-state index contributed by atoms with van der Waals surface area (Å²) < 4.78 is 8.95. The second-order valence-corrected chi connectivity index (χ2v) is 8.11. The Labute approximate surface area is 173 Å². The van der Waals surface area contributed by atoms with E-state index < -0.39 is 0 Å². The van der Waals surface area contributed by atoms with Crippen molar-refractivity contribution >= 4 is 49.8 Å². The molecular weight excluding hydrogens is 480 g/mol. The first kappa shape index (κ1) is 19.1. The minimum Gasteiger partial charge on any atom is -0.496 e. The number of nitrogens with zero attached hydrogens (tertiary/aromatic N) is 4. The van der Waals surface area contributed by atoms with Crippen molar-refractivity contribution in [1.29, 1.82) is 0 Å². The molecular formula is C18H16Br2N4OS. The van der Waals surface area contributed by atoms with Crippen LogP contribution in [0.25, 0.3) is 0 Å². The number of ether oxygens (including phenoxy) is 1. The fourth-order valence-electron chi connectivity index (χ4n) is 2.18. The van der Waals surface area contributed by atoms with Crippen molar-refractivity contribution in [2.45, 2.75) is 17.8 Å². The molecule has 8 heteroatoms. The van der Waals surface area contributed by atoms with Crippen molar-refractivity contribution in [3.8, 4) is 5.75 Å². The third-order valence-corrected chi connectivity index (χ3v) is 5.69. The highest BCUT2D eigenvalue weighted by molar-refractivity contribution is 9.10. The van der Waals surface area contributed by atoms with Gasteiger partial charge in [-0.3, -0.25) is 0 Å². The van der Waals surface area contributed by atoms with E-state index in [1.165, 1.54) is 5.56 Å². The molecule has 0 aliphatic carbocycles. The maximum Gasteiger partial charge on any atom is 0.212 e. The molecule has 0 amide bonds. The van der Waals surface area contributed by atoms with Crippen LogP contribution in [0.3, 0.4) is 0 Å². The van der Waals surface area contributed by atoms with Gasteiger partial charge in [0.2, 0.25) is 5.16 Å². The van der Waals surface area contributed by atoms with Crippen LogP contribution in [0.4, 0.5) is 0 Å². The highest BCUT2D eigenvalue weighted by Gasteiger charge is 2.09. The zero-order chi connectivity index (χ0) is 18.5. The fraction of sp³-hybridized carbons (Fsp3) is 0.167. The van der Waals surface area contributed by atoms with Gasteiger partial charge in [0, 0.05) is 10.2 Å². The van der Waals surface area contributed by atoms with Crippen LogP contribution in [0, 0.1) is 6.92 Å². The summed E-state index contributed by atoms with van der Waals surface area (Å²) in [4.78, 5) is 0. The van der Waals surface area contributed by atoms with Crippen molar-refractivity contribution in [3.05, 3.63) is 68.4 Å². The smallest absolute Gasteiger partial charge is 0.212 e. The molecule has 1 aromatic heterocycles. The third kappa shape index (κ3) is 4.75. The number of hydrogen-bond donors (Lipinski definition) is 0. The van der Waals surface area contributed by atoms with Crippen LogP contribution >= 0.6 is 43.6 Å². The summed E-state index contributed by atoms with van der Waals surface area (Å²) in [6.45, 7) is 1.89. The molecule has 0 spiro atoms. The van der Waals surface area contributed by atoms with Gasteiger partial charge in [-0.15, -0.1) is 10.2 Å². The molecule has 0 unspecified atom stereocenters. The lowest BCUT2D eigenvalue weighted by atomic mass is 10.2. The van der Waals surface area contributed by atoms with E-state index in [2.05, 4.69) is 59.3 Å². The van der Waals surface area contributed by atoms with Crippen molar-refractivity contribution in [2.75, 3.05) is 7.11 Å². The normalized spacial score (nSPS) is 11.2. The summed E-state index contributed by atoms with van der Waals surface area (Å²) in [6.07, 6.45) is 1.78. The summed E-state index contributed by atoms with van der Waals surface area (Å²) in [6, 6.07) is 14.0. The number of methoxy groups -OCH3 is 1. The molecule has 0 aliphatic rings. The molecule has 0 aliphatic heterocycles. The summed E-state index contributed by atoms with van der Waals surface area (Å²) >= 11 is 8.54. The van der Waals surface area contributed by atoms with Crippen molar-refractivity contribution in [1.82, 2.24) is 14.9 Å². The highest BCUT2D eigenvalue weighted by Crippen LogP contribution is 2.25. The van der Waals surface area contributed by atoms with E-state index in [9.17, 15) is 0 Å². The Morgan fingerprint density at radius 1 is 1.15 bits per heavy atom. The standard InChI is InChI=1S/C18H16Br2N4OS/c1-12-22-23-18(26-11-13-3-6-15(19)7-4-13)24(12)21-10-14-5-8-17(25-2)16(20)9-14/h3-10H,11H2,1-2H3/b21-10-. The van der Waals surface area contributed by atoms with Gasteiger partial charge in [-0.25, -0.2) is 0 Å². The van der Waals surface area contributed by atoms with E-state index >= 15 is 0 Å². The van der Waals surface area contributed by atoms with Gasteiger partial charge >= 0.3 is 0 Å². The van der Waals surface area contributed by atoms with Gasteiger partial charge in [-0.1, -0.05) is 39.8 Å². The molecule has 5 nitrogen and oxygen atoms in total. The van der Waals surface area contributed by atoms with E-state index in [-0.39, 0.29) is 0 Å². The number of aromatic nitrogens is 3. The highest BCUT2D eigenvalue weighted by atomic mass is 79.9. The molecule has 2 aromatic carbocycles. The summed E-state index contributed by atoms with van der Waals surface area (Å²) in [5, 5.41) is 13.7. The van der Waals surface area contributed by atoms with Gasteiger partial charge in [-0.2, -0.15) is 9.78 Å². The van der Waals surface area contributed by atoms with Crippen LogP contribution in [0.1, 0.15) is 17.0 Å². The number of thioether (sulfide) groups is 1. The zero-order valence-electron chi connectivity index (χ0n) is 14.2. The van der Waals surface area contributed by atoms with Gasteiger partial charge in [-0.05, 0) is 64.3 Å². The average Bonchev–Trinajstić information content (AvgIpc) is 2.99. The Morgan fingerprint density at radius 2 is 1.92 bits per heavy atom. The average molecular weight is 496 g/mol. The lowest BCUT2D eigenvalue weighted by molar-refractivity contribution is 0.412. The molecule has 0 atom stereocenters. The molecule has 3 aromatic rings. The van der Waals surface area contributed by atoms with Crippen LogP contribution in [-0.4, -0.2) is 28.2 Å². The lowest BCUT2D eigenvalue weighted by Gasteiger charge is -2.04. The number of aryl methyl sites for hydroxylation is 1. The topological polar surface area (TPSA) is 52.3 Å². The Kier molecular flexibility index (Phi) is 6.50. The Morgan fingerprint density at radius 3 is 2.62 bits per heavy atom. The van der Waals surface area contributed by atoms with Crippen LogP contribution in [0.2, 0.25) is 0 Å². The number of halogens is 2. The zero-order valence-corrected chi connectivity index (χ0v) is 18.2. The summed E-state index contributed by atoms with van der Waals surface area (Å²) in [5.74, 6) is 2.33. The van der Waals surface area contributed by atoms with E-state index in [4.69, 9.17) is 4.74 Å². The van der Waals surface area contributed by atoms with Crippen molar-refractivity contribution in [3.63, 3.8) is 0 Å². The largest absolute Gasteiger partial charge is 0.496 e. The summed E-state index contributed by atoms with van der Waals surface area (Å²) in [5.41, 5.74) is 2.17. The Hall–Kier alpha value is -1.64. The van der Waals surface area contributed by atoms with Crippen LogP contribution < -0.4 is 4.74 Å². The minimum absolute atomic E-state index is 0.743. The number of hydrogen-bond acceptors (Lipinski definition) is 5. The van der Waals surface area contributed by atoms with Crippen molar-refractivity contribution in [2.24, 2.45) is 5.10 Å². The first-order valence-electron chi connectivity index (χ1n) is 7.74. The van der Waals surface area contributed by atoms with Crippen LogP contribution in [0.5, 0.6) is 5.75 Å². The molecule has 3 rings (SSSR count). The molecule has 0 saturated carbocycles. The van der Waals surface area contributed by atoms with Gasteiger partial charge in [0.15, 0.2) is 5.82 Å². The predicted molar refractivity (Wildman–Crippen MR) is 112 cm³/mol. The van der Waals surface area contributed by atoms with Crippen molar-refractivity contribution < 1.29 is 4.74 Å². The molecule has 0 bridgehead atoms. The van der Waals surface area contributed by atoms with Gasteiger partial charge in [0.1, 0.15) is 5.75 Å². The van der Waals surface area contributed by atoms with E-state index in [1.54, 1.807) is 29.8 Å². The molecule has 1 heterocycles. The van der Waals surface area contributed by atoms with Gasteiger partial charge < -0.3 is 4.74 Å². The first-order valence-corrected chi connectivity index (χ1v) is 10.3. The monoisotopic (exact) mass is 494 g/mol. The number of rotatable bonds is 6. The molecule has 0 N–H and O–H groups in total. The fourth-order valence-corrected chi connectivity index (χ4v) is 3.89. The summed E-state index contributed by atoms with van der Waals surface area (Å²) in [7, 11) is 1.64. The molecule has 0 saturated heterocycles. The third-order valence-electron chi connectivity index (χ3n) is 3.55. The van der Waals surface area contributed by atoms with Gasteiger partial charge in [0.25, 0.3) is 0 Å². The number of benzene rings is 2. The van der Waals surface area contributed by atoms with Crippen LogP contribution in [-0.2, 0) is 5.75 Å². The van der Waals surface area contributed by atoms with E-state index in [0.717, 1.165) is 37.0 Å².